The first-order valence-electron chi connectivity index (χ1n) is 8.63. The van der Waals surface area contributed by atoms with Gasteiger partial charge in [0.2, 0.25) is 0 Å². The van der Waals surface area contributed by atoms with E-state index in [2.05, 4.69) is 11.6 Å². The van der Waals surface area contributed by atoms with E-state index >= 15 is 0 Å². The molecule has 1 heterocycles. The second-order valence-electron chi connectivity index (χ2n) is 6.38. The molecule has 0 radical (unpaired) electrons. The minimum absolute atomic E-state index is 0.135. The fourth-order valence-corrected chi connectivity index (χ4v) is 2.91. The third-order valence-electron chi connectivity index (χ3n) is 4.19. The number of amides is 1. The number of carbonyl (C=O) groups excluding carboxylic acids is 1. The van der Waals surface area contributed by atoms with E-state index < -0.39 is 0 Å². The Morgan fingerprint density at radius 3 is 2.67 bits per heavy atom. The third kappa shape index (κ3) is 4.31. The Balaban J connectivity index is 1.81. The average molecular weight is 364 g/mol. The van der Waals surface area contributed by atoms with Gasteiger partial charge in [-0.3, -0.25) is 9.78 Å². The van der Waals surface area contributed by atoms with Gasteiger partial charge in [-0.1, -0.05) is 24.8 Å². The summed E-state index contributed by atoms with van der Waals surface area (Å²) < 4.78 is 19.0. The molecule has 27 heavy (non-hydrogen) atoms. The minimum atomic E-state index is -0.369. The quantitative estimate of drug-likeness (QED) is 0.604. The molecule has 0 aliphatic carbocycles. The number of fused-ring (bicyclic) bond motifs is 1. The Bertz CT molecular complexity index is 978. The molecule has 0 fully saturated rings. The van der Waals surface area contributed by atoms with E-state index in [1.165, 1.54) is 12.1 Å². The van der Waals surface area contributed by atoms with E-state index in [-0.39, 0.29) is 11.7 Å². The molecule has 138 valence electrons. The van der Waals surface area contributed by atoms with Crippen LogP contribution in [0, 0.1) is 12.7 Å². The number of halogens is 1. The van der Waals surface area contributed by atoms with Gasteiger partial charge in [0.05, 0.1) is 11.1 Å². The van der Waals surface area contributed by atoms with Crippen molar-refractivity contribution in [3.05, 3.63) is 83.8 Å². The highest BCUT2D eigenvalue weighted by molar-refractivity contribution is 6.06. The van der Waals surface area contributed by atoms with E-state index in [0.29, 0.717) is 35.3 Å². The Labute approximate surface area is 157 Å². The van der Waals surface area contributed by atoms with Crippen LogP contribution in [0.4, 0.5) is 4.39 Å². The van der Waals surface area contributed by atoms with E-state index in [0.717, 1.165) is 11.3 Å². The Kier molecular flexibility index (Phi) is 5.50. The monoisotopic (exact) mass is 364 g/mol. The normalized spacial score (nSPS) is 10.6. The molecule has 0 spiro atoms. The van der Waals surface area contributed by atoms with Crippen molar-refractivity contribution in [1.29, 1.82) is 0 Å². The molecule has 2 aromatic carbocycles. The zero-order valence-corrected chi connectivity index (χ0v) is 15.4. The molecule has 0 atom stereocenters. The van der Waals surface area contributed by atoms with Crippen LogP contribution < -0.4 is 4.74 Å². The van der Waals surface area contributed by atoms with Crippen molar-refractivity contribution in [2.75, 3.05) is 13.7 Å². The third-order valence-corrected chi connectivity index (χ3v) is 4.19. The maximum Gasteiger partial charge on any atom is 0.254 e. The summed E-state index contributed by atoms with van der Waals surface area (Å²) in [4.78, 5) is 18.9. The van der Waals surface area contributed by atoms with Crippen molar-refractivity contribution >= 4 is 16.8 Å². The van der Waals surface area contributed by atoms with Gasteiger partial charge < -0.3 is 9.64 Å². The highest BCUT2D eigenvalue weighted by Crippen LogP contribution is 2.22. The maximum absolute atomic E-state index is 13.5. The maximum atomic E-state index is 13.5. The first-order chi connectivity index (χ1) is 13.0. The van der Waals surface area contributed by atoms with Crippen molar-refractivity contribution in [2.45, 2.75) is 13.5 Å². The van der Waals surface area contributed by atoms with Crippen LogP contribution in [-0.2, 0) is 6.54 Å². The SMILES string of the molecule is C=CCOc1ccc(CN(C)C(=O)c2cc(C)nc3cc(F)ccc23)cc1. The molecule has 3 aromatic rings. The molecule has 3 rings (SSSR count). The summed E-state index contributed by atoms with van der Waals surface area (Å²) in [6, 6.07) is 13.6. The lowest BCUT2D eigenvalue weighted by Crippen LogP contribution is -2.26. The van der Waals surface area contributed by atoms with E-state index in [9.17, 15) is 9.18 Å². The average Bonchev–Trinajstić information content (AvgIpc) is 2.65. The molecule has 0 aliphatic rings. The lowest BCUT2D eigenvalue weighted by Gasteiger charge is -2.19. The Morgan fingerprint density at radius 1 is 1.22 bits per heavy atom. The number of hydrogen-bond acceptors (Lipinski definition) is 3. The number of aromatic nitrogens is 1. The number of pyridine rings is 1. The Morgan fingerprint density at radius 2 is 1.96 bits per heavy atom. The van der Waals surface area contributed by atoms with Crippen LogP contribution in [0.25, 0.3) is 10.9 Å². The molecule has 0 unspecified atom stereocenters. The van der Waals surface area contributed by atoms with Crippen molar-refractivity contribution in [3.63, 3.8) is 0 Å². The van der Waals surface area contributed by atoms with E-state index in [4.69, 9.17) is 4.74 Å². The zero-order chi connectivity index (χ0) is 19.4. The topological polar surface area (TPSA) is 42.4 Å². The molecule has 1 aromatic heterocycles. The van der Waals surface area contributed by atoms with Crippen molar-refractivity contribution in [1.82, 2.24) is 9.88 Å². The molecule has 0 bridgehead atoms. The zero-order valence-electron chi connectivity index (χ0n) is 15.4. The number of rotatable bonds is 6. The second-order valence-corrected chi connectivity index (χ2v) is 6.38. The van der Waals surface area contributed by atoms with E-state index in [1.807, 2.05) is 24.3 Å². The highest BCUT2D eigenvalue weighted by atomic mass is 19.1. The summed E-state index contributed by atoms with van der Waals surface area (Å²) in [5.74, 6) is 0.251. The molecule has 1 amide bonds. The molecule has 0 aliphatic heterocycles. The van der Waals surface area contributed by atoms with Crippen LogP contribution >= 0.6 is 0 Å². The van der Waals surface area contributed by atoms with E-state index in [1.54, 1.807) is 37.1 Å². The molecule has 4 nitrogen and oxygen atoms in total. The summed E-state index contributed by atoms with van der Waals surface area (Å²) in [6.45, 7) is 6.31. The summed E-state index contributed by atoms with van der Waals surface area (Å²) in [5.41, 5.74) is 2.66. The molecule has 0 saturated heterocycles. The van der Waals surface area contributed by atoms with Gasteiger partial charge in [0.25, 0.3) is 5.91 Å². The van der Waals surface area contributed by atoms with Crippen molar-refractivity contribution in [3.8, 4) is 5.75 Å². The lowest BCUT2D eigenvalue weighted by atomic mass is 10.1. The molecule has 0 saturated carbocycles. The first-order valence-corrected chi connectivity index (χ1v) is 8.63. The minimum Gasteiger partial charge on any atom is -0.490 e. The smallest absolute Gasteiger partial charge is 0.254 e. The van der Waals surface area contributed by atoms with Gasteiger partial charge in [0.1, 0.15) is 18.2 Å². The van der Waals surface area contributed by atoms with Crippen LogP contribution in [-0.4, -0.2) is 29.4 Å². The molecular weight excluding hydrogens is 343 g/mol. The van der Waals surface area contributed by atoms with Crippen molar-refractivity contribution in [2.24, 2.45) is 0 Å². The number of hydrogen-bond donors (Lipinski definition) is 0. The van der Waals surface area contributed by atoms with Gasteiger partial charge in [-0.15, -0.1) is 0 Å². The Hall–Kier alpha value is -3.21. The van der Waals surface area contributed by atoms with Gasteiger partial charge >= 0.3 is 0 Å². The molecule has 0 N–H and O–H groups in total. The summed E-state index contributed by atoms with van der Waals surface area (Å²) in [6.07, 6.45) is 1.69. The van der Waals surface area contributed by atoms with Crippen LogP contribution in [0.3, 0.4) is 0 Å². The summed E-state index contributed by atoms with van der Waals surface area (Å²) >= 11 is 0. The van der Waals surface area contributed by atoms with Gasteiger partial charge in [-0.05, 0) is 42.8 Å². The number of nitrogens with zero attached hydrogens (tertiary/aromatic N) is 2. The van der Waals surface area contributed by atoms with Crippen molar-refractivity contribution < 1.29 is 13.9 Å². The summed E-state index contributed by atoms with van der Waals surface area (Å²) in [5, 5.41) is 0.645. The second kappa shape index (κ2) is 7.99. The molecular formula is C22H21FN2O2. The highest BCUT2D eigenvalue weighted by Gasteiger charge is 2.17. The summed E-state index contributed by atoms with van der Waals surface area (Å²) in [7, 11) is 1.75. The standard InChI is InChI=1S/C22H21FN2O2/c1-4-11-27-18-8-5-16(6-9-18)14-25(3)22(26)20-12-15(2)24-21-13-17(23)7-10-19(20)21/h4-10,12-13H,1,11,14H2,2-3H3. The predicted octanol–water partition coefficient (Wildman–Crippen LogP) is 4.52. The van der Waals surface area contributed by atoms with Gasteiger partial charge in [-0.25, -0.2) is 4.39 Å². The van der Waals surface area contributed by atoms with Crippen LogP contribution in [0.15, 0.2) is 61.2 Å². The van der Waals surface area contributed by atoms with Crippen LogP contribution in [0.1, 0.15) is 21.6 Å². The number of aryl methyl sites for hydroxylation is 1. The fourth-order valence-electron chi connectivity index (χ4n) is 2.91. The molecule has 5 heteroatoms. The van der Waals surface area contributed by atoms with Gasteiger partial charge in [0, 0.05) is 30.7 Å². The van der Waals surface area contributed by atoms with Gasteiger partial charge in [-0.2, -0.15) is 0 Å². The fraction of sp³-hybridized carbons (Fsp3) is 0.182. The van der Waals surface area contributed by atoms with Gasteiger partial charge in [0.15, 0.2) is 0 Å². The predicted molar refractivity (Wildman–Crippen MR) is 104 cm³/mol. The number of ether oxygens (including phenoxy) is 1. The number of carbonyl (C=O) groups is 1. The van der Waals surface area contributed by atoms with Crippen LogP contribution in [0.2, 0.25) is 0 Å². The first kappa shape index (κ1) is 18.6. The largest absolute Gasteiger partial charge is 0.490 e. The number of benzene rings is 2. The lowest BCUT2D eigenvalue weighted by molar-refractivity contribution is 0.0787. The van der Waals surface area contributed by atoms with Crippen LogP contribution in [0.5, 0.6) is 5.75 Å².